The maximum Gasteiger partial charge on any atom is 0.303 e. The van der Waals surface area contributed by atoms with Gasteiger partial charge in [0.15, 0.2) is 0 Å². The molecule has 1 saturated carbocycles. The lowest BCUT2D eigenvalue weighted by molar-refractivity contribution is -0.137. The first-order valence-corrected chi connectivity index (χ1v) is 9.22. The molecule has 1 aromatic carbocycles. The highest BCUT2D eigenvalue weighted by Crippen LogP contribution is 2.34. The molecule has 4 nitrogen and oxygen atoms in total. The minimum absolute atomic E-state index is 0.0513. The third-order valence-corrected chi connectivity index (χ3v) is 5.01. The zero-order chi connectivity index (χ0) is 18.1. The molecule has 4 heteroatoms. The standard InChI is InChI=1S/C21H28O4/c22-15-17-9-7-16(8-10-17)11-12-18-13-14-20(23)19(18)5-3-1-2-4-6-21(24)25/h7-12,18-19,22H,1-6,13-15H2,(H,24,25)/b12-11+. The number of Topliss-reactive ketones (excluding diaryl/α,β-unsaturated/α-hetero) is 1. The van der Waals surface area contributed by atoms with Crippen molar-refractivity contribution in [2.24, 2.45) is 11.8 Å². The van der Waals surface area contributed by atoms with Gasteiger partial charge in [0.05, 0.1) is 6.61 Å². The summed E-state index contributed by atoms with van der Waals surface area (Å²) in [5.41, 5.74) is 1.98. The zero-order valence-corrected chi connectivity index (χ0v) is 14.7. The summed E-state index contributed by atoms with van der Waals surface area (Å²) >= 11 is 0. The van der Waals surface area contributed by atoms with Crippen molar-refractivity contribution < 1.29 is 19.8 Å². The summed E-state index contributed by atoms with van der Waals surface area (Å²) in [6.45, 7) is 0.0513. The molecule has 0 heterocycles. The number of carboxylic acid groups (broad SMARTS) is 1. The third-order valence-electron chi connectivity index (χ3n) is 5.01. The lowest BCUT2D eigenvalue weighted by Crippen LogP contribution is -2.13. The average molecular weight is 344 g/mol. The number of carboxylic acids is 1. The highest BCUT2D eigenvalue weighted by molar-refractivity contribution is 5.83. The van der Waals surface area contributed by atoms with E-state index in [2.05, 4.69) is 12.2 Å². The van der Waals surface area contributed by atoms with E-state index >= 15 is 0 Å². The van der Waals surface area contributed by atoms with Crippen LogP contribution in [0.25, 0.3) is 6.08 Å². The van der Waals surface area contributed by atoms with Crippen LogP contribution in [-0.2, 0) is 16.2 Å². The van der Waals surface area contributed by atoms with Gasteiger partial charge in [-0.1, -0.05) is 55.7 Å². The molecule has 2 rings (SSSR count). The lowest BCUT2D eigenvalue weighted by Gasteiger charge is -2.14. The van der Waals surface area contributed by atoms with Crippen LogP contribution in [0.3, 0.4) is 0 Å². The molecule has 0 radical (unpaired) electrons. The molecule has 1 aliphatic carbocycles. The predicted molar refractivity (Wildman–Crippen MR) is 98.0 cm³/mol. The number of unbranched alkanes of at least 4 members (excludes halogenated alkanes) is 3. The quantitative estimate of drug-likeness (QED) is 0.623. The summed E-state index contributed by atoms with van der Waals surface area (Å²) in [6.07, 6.45) is 10.6. The van der Waals surface area contributed by atoms with Crippen LogP contribution >= 0.6 is 0 Å². The van der Waals surface area contributed by atoms with E-state index in [9.17, 15) is 9.59 Å². The van der Waals surface area contributed by atoms with Crippen molar-refractivity contribution in [3.63, 3.8) is 0 Å². The van der Waals surface area contributed by atoms with E-state index in [0.29, 0.717) is 18.1 Å². The Balaban J connectivity index is 1.79. The Bertz CT molecular complexity index is 588. The molecule has 25 heavy (non-hydrogen) atoms. The van der Waals surface area contributed by atoms with Gasteiger partial charge in [0.2, 0.25) is 0 Å². The van der Waals surface area contributed by atoms with Gasteiger partial charge in [-0.25, -0.2) is 0 Å². The fourth-order valence-corrected chi connectivity index (χ4v) is 3.50. The fourth-order valence-electron chi connectivity index (χ4n) is 3.50. The monoisotopic (exact) mass is 344 g/mol. The minimum atomic E-state index is -0.733. The van der Waals surface area contributed by atoms with Crippen LogP contribution in [0.15, 0.2) is 30.3 Å². The maximum absolute atomic E-state index is 12.1. The molecule has 1 fully saturated rings. The molecule has 0 bridgehead atoms. The first-order valence-electron chi connectivity index (χ1n) is 9.22. The van der Waals surface area contributed by atoms with Crippen molar-refractivity contribution in [2.75, 3.05) is 0 Å². The molecule has 0 spiro atoms. The summed E-state index contributed by atoms with van der Waals surface area (Å²) in [6, 6.07) is 7.79. The number of carbonyl (C=O) groups is 2. The fraction of sp³-hybridized carbons (Fsp3) is 0.524. The van der Waals surface area contributed by atoms with Crippen LogP contribution < -0.4 is 0 Å². The molecular weight excluding hydrogens is 316 g/mol. The number of allylic oxidation sites excluding steroid dienone is 1. The van der Waals surface area contributed by atoms with Gasteiger partial charge >= 0.3 is 5.97 Å². The summed E-state index contributed by atoms with van der Waals surface area (Å²) in [4.78, 5) is 22.6. The first-order chi connectivity index (χ1) is 12.1. The van der Waals surface area contributed by atoms with Crippen molar-refractivity contribution in [1.29, 1.82) is 0 Å². The van der Waals surface area contributed by atoms with Crippen LogP contribution in [0.1, 0.15) is 62.5 Å². The molecule has 2 atom stereocenters. The SMILES string of the molecule is O=C(O)CCCCCCC1C(=O)CCC1/C=C/c1ccc(CO)cc1. The van der Waals surface area contributed by atoms with E-state index in [-0.39, 0.29) is 18.9 Å². The summed E-state index contributed by atoms with van der Waals surface area (Å²) in [5, 5.41) is 17.7. The molecule has 136 valence electrons. The smallest absolute Gasteiger partial charge is 0.303 e. The molecular formula is C21H28O4. The molecule has 0 saturated heterocycles. The van der Waals surface area contributed by atoms with Crippen molar-refractivity contribution in [3.8, 4) is 0 Å². The highest BCUT2D eigenvalue weighted by Gasteiger charge is 2.32. The first kappa shape index (κ1) is 19.4. The van der Waals surface area contributed by atoms with E-state index in [0.717, 1.165) is 49.7 Å². The Hall–Kier alpha value is -1.94. The predicted octanol–water partition coefficient (Wildman–Crippen LogP) is 4.21. The second kappa shape index (κ2) is 10.1. The molecule has 1 aromatic rings. The molecule has 0 amide bonds. The van der Waals surface area contributed by atoms with Gasteiger partial charge in [0, 0.05) is 18.8 Å². The molecule has 1 aliphatic rings. The number of carbonyl (C=O) groups excluding carboxylic acids is 1. The Morgan fingerprint density at radius 1 is 1.12 bits per heavy atom. The van der Waals surface area contributed by atoms with E-state index in [1.807, 2.05) is 24.3 Å². The molecule has 0 aromatic heterocycles. The van der Waals surface area contributed by atoms with E-state index in [4.69, 9.17) is 10.2 Å². The maximum atomic E-state index is 12.1. The Kier molecular flexibility index (Phi) is 7.86. The van der Waals surface area contributed by atoms with E-state index in [1.54, 1.807) is 0 Å². The molecule has 0 aliphatic heterocycles. The van der Waals surface area contributed by atoms with E-state index in [1.165, 1.54) is 0 Å². The number of hydrogen-bond donors (Lipinski definition) is 2. The third kappa shape index (κ3) is 6.46. The van der Waals surface area contributed by atoms with Crippen LogP contribution in [0.5, 0.6) is 0 Å². The van der Waals surface area contributed by atoms with Crippen LogP contribution in [-0.4, -0.2) is 22.0 Å². The Labute approximate surface area is 149 Å². The zero-order valence-electron chi connectivity index (χ0n) is 14.7. The van der Waals surface area contributed by atoms with Crippen LogP contribution in [0.2, 0.25) is 0 Å². The molecule has 2 N–H and O–H groups in total. The number of aliphatic carboxylic acids is 1. The lowest BCUT2D eigenvalue weighted by atomic mass is 9.89. The summed E-state index contributed by atoms with van der Waals surface area (Å²) < 4.78 is 0. The van der Waals surface area contributed by atoms with Crippen LogP contribution in [0, 0.1) is 11.8 Å². The van der Waals surface area contributed by atoms with Gasteiger partial charge in [-0.15, -0.1) is 0 Å². The van der Waals surface area contributed by atoms with Crippen LogP contribution in [0.4, 0.5) is 0 Å². The second-order valence-electron chi connectivity index (χ2n) is 6.88. The summed E-state index contributed by atoms with van der Waals surface area (Å²) in [7, 11) is 0. The van der Waals surface area contributed by atoms with Crippen molar-refractivity contribution in [3.05, 3.63) is 41.5 Å². The average Bonchev–Trinajstić information content (AvgIpc) is 2.96. The number of rotatable bonds is 10. The summed E-state index contributed by atoms with van der Waals surface area (Å²) in [5.74, 6) is 0.0653. The molecule has 2 unspecified atom stereocenters. The van der Waals surface area contributed by atoms with Crippen molar-refractivity contribution in [2.45, 2.75) is 58.0 Å². The number of benzene rings is 1. The highest BCUT2D eigenvalue weighted by atomic mass is 16.4. The largest absolute Gasteiger partial charge is 0.481 e. The number of hydrogen-bond acceptors (Lipinski definition) is 3. The van der Waals surface area contributed by atoms with Gasteiger partial charge in [-0.2, -0.15) is 0 Å². The Morgan fingerprint density at radius 3 is 2.52 bits per heavy atom. The second-order valence-corrected chi connectivity index (χ2v) is 6.88. The van der Waals surface area contributed by atoms with Crippen molar-refractivity contribution >= 4 is 17.8 Å². The number of ketones is 1. The van der Waals surface area contributed by atoms with Crippen molar-refractivity contribution in [1.82, 2.24) is 0 Å². The Morgan fingerprint density at radius 2 is 1.84 bits per heavy atom. The minimum Gasteiger partial charge on any atom is -0.481 e. The van der Waals surface area contributed by atoms with Gasteiger partial charge in [-0.3, -0.25) is 9.59 Å². The number of aliphatic hydroxyl groups excluding tert-OH is 1. The van der Waals surface area contributed by atoms with Gasteiger partial charge < -0.3 is 10.2 Å². The van der Waals surface area contributed by atoms with Gasteiger partial charge in [0.1, 0.15) is 5.78 Å². The van der Waals surface area contributed by atoms with E-state index < -0.39 is 5.97 Å². The number of aliphatic hydroxyl groups is 1. The topological polar surface area (TPSA) is 74.6 Å². The van der Waals surface area contributed by atoms with Gasteiger partial charge in [-0.05, 0) is 36.3 Å². The van der Waals surface area contributed by atoms with Gasteiger partial charge in [0.25, 0.3) is 0 Å². The normalized spacial score (nSPS) is 20.4.